The quantitative estimate of drug-likeness (QED) is 0.782. The van der Waals surface area contributed by atoms with Crippen LogP contribution in [0.2, 0.25) is 0 Å². The van der Waals surface area contributed by atoms with Crippen LogP contribution in [0, 0.1) is 12.8 Å². The van der Waals surface area contributed by atoms with Crippen LogP contribution < -0.4 is 0 Å². The molecule has 0 aliphatic carbocycles. The largest absolute Gasteiger partial charge is 0.456 e. The van der Waals surface area contributed by atoms with Crippen molar-refractivity contribution >= 4 is 29.3 Å². The van der Waals surface area contributed by atoms with Crippen LogP contribution in [0.4, 0.5) is 0 Å². The summed E-state index contributed by atoms with van der Waals surface area (Å²) in [5.74, 6) is 0.176. The van der Waals surface area contributed by atoms with Crippen LogP contribution in [0.5, 0.6) is 0 Å². The highest BCUT2D eigenvalue weighted by atomic mass is 35.5. The van der Waals surface area contributed by atoms with E-state index in [4.69, 9.17) is 9.15 Å². The van der Waals surface area contributed by atoms with E-state index in [0.29, 0.717) is 5.76 Å². The fourth-order valence-corrected chi connectivity index (χ4v) is 2.43. The summed E-state index contributed by atoms with van der Waals surface area (Å²) in [5, 5.41) is 0.957. The van der Waals surface area contributed by atoms with Crippen molar-refractivity contribution in [1.29, 1.82) is 0 Å². The molecule has 122 valence electrons. The number of benzene rings is 1. The highest BCUT2D eigenvalue weighted by Gasteiger charge is 2.23. The number of rotatable bonds is 5. The summed E-state index contributed by atoms with van der Waals surface area (Å²) < 4.78 is 11.2. The maximum absolute atomic E-state index is 12.3. The smallest absolute Gasteiger partial charge is 0.374 e. The number of carbonyl (C=O) groups excluding carboxylic acids is 1. The molecule has 0 aliphatic rings. The molecular weight excluding hydrogens is 302 g/mol. The van der Waals surface area contributed by atoms with Gasteiger partial charge in [0, 0.05) is 23.4 Å². The maximum atomic E-state index is 12.3. The number of halogens is 1. The molecule has 5 heteroatoms. The zero-order chi connectivity index (χ0) is 15.6. The molecule has 0 amide bonds. The summed E-state index contributed by atoms with van der Waals surface area (Å²) in [5.41, 5.74) is 1.55. The van der Waals surface area contributed by atoms with E-state index >= 15 is 0 Å². The molecule has 2 unspecified atom stereocenters. The van der Waals surface area contributed by atoms with Crippen molar-refractivity contribution in [3.8, 4) is 0 Å². The molecule has 0 fully saturated rings. The first-order valence-corrected chi connectivity index (χ1v) is 7.24. The van der Waals surface area contributed by atoms with Gasteiger partial charge in [0.1, 0.15) is 11.7 Å². The molecule has 0 saturated carbocycles. The van der Waals surface area contributed by atoms with Crippen molar-refractivity contribution in [3.63, 3.8) is 0 Å². The molecule has 1 aromatic heterocycles. The molecule has 2 aromatic rings. The lowest BCUT2D eigenvalue weighted by Gasteiger charge is -2.23. The fraction of sp³-hybridized carbons (Fsp3) is 0.471. The Morgan fingerprint density at radius 3 is 2.50 bits per heavy atom. The number of carbonyl (C=O) groups is 1. The molecule has 0 aliphatic heterocycles. The minimum Gasteiger partial charge on any atom is -0.456 e. The predicted molar refractivity (Wildman–Crippen MR) is 90.8 cm³/mol. The first kappa shape index (κ1) is 18.5. The molecule has 4 nitrogen and oxygen atoms in total. The second kappa shape index (κ2) is 7.65. The third kappa shape index (κ3) is 4.02. The lowest BCUT2D eigenvalue weighted by molar-refractivity contribution is 0.0155. The molecular formula is C17H24ClNO3. The minimum atomic E-state index is -0.387. The Hall–Kier alpha value is -1.52. The van der Waals surface area contributed by atoms with E-state index in [9.17, 15) is 4.79 Å². The summed E-state index contributed by atoms with van der Waals surface area (Å²) in [6.45, 7) is 6.75. The number of furan rings is 1. The van der Waals surface area contributed by atoms with Crippen LogP contribution in [0.15, 0.2) is 28.7 Å². The normalized spacial score (nSPS) is 13.7. The zero-order valence-electron chi connectivity index (χ0n) is 13.8. The van der Waals surface area contributed by atoms with E-state index in [-0.39, 0.29) is 30.4 Å². The molecule has 1 aromatic carbocycles. The summed E-state index contributed by atoms with van der Waals surface area (Å²) in [6.07, 6.45) is -0.160. The van der Waals surface area contributed by atoms with Crippen molar-refractivity contribution in [3.05, 3.63) is 35.6 Å². The number of ether oxygens (including phenoxy) is 1. The Morgan fingerprint density at radius 2 is 1.91 bits per heavy atom. The summed E-state index contributed by atoms with van der Waals surface area (Å²) >= 11 is 0. The van der Waals surface area contributed by atoms with Gasteiger partial charge in [0.25, 0.3) is 0 Å². The summed E-state index contributed by atoms with van der Waals surface area (Å²) in [7, 11) is 4.02. The molecule has 0 spiro atoms. The zero-order valence-corrected chi connectivity index (χ0v) is 14.6. The molecule has 1 heterocycles. The van der Waals surface area contributed by atoms with Gasteiger partial charge in [-0.1, -0.05) is 25.1 Å². The number of esters is 1. The van der Waals surface area contributed by atoms with E-state index in [1.807, 2.05) is 52.2 Å². The van der Waals surface area contributed by atoms with Gasteiger partial charge in [-0.05, 0) is 34.0 Å². The number of nitrogens with zero attached hydrogens (tertiary/aromatic N) is 1. The van der Waals surface area contributed by atoms with Gasteiger partial charge in [-0.25, -0.2) is 4.79 Å². The van der Waals surface area contributed by atoms with Crippen LogP contribution in [0.25, 0.3) is 11.0 Å². The third-order valence-electron chi connectivity index (χ3n) is 3.78. The number of fused-ring (bicyclic) bond motifs is 1. The lowest BCUT2D eigenvalue weighted by atomic mass is 10.1. The molecule has 22 heavy (non-hydrogen) atoms. The molecule has 0 N–H and O–H groups in total. The van der Waals surface area contributed by atoms with Gasteiger partial charge in [-0.3, -0.25) is 0 Å². The van der Waals surface area contributed by atoms with Crippen LogP contribution in [0.1, 0.15) is 30.0 Å². The van der Waals surface area contributed by atoms with Crippen molar-refractivity contribution in [2.45, 2.75) is 26.9 Å². The average molecular weight is 326 g/mol. The molecule has 0 saturated heterocycles. The van der Waals surface area contributed by atoms with Gasteiger partial charge in [-0.2, -0.15) is 0 Å². The van der Waals surface area contributed by atoms with Crippen LogP contribution in [0.3, 0.4) is 0 Å². The second-order valence-corrected chi connectivity index (χ2v) is 5.90. The highest BCUT2D eigenvalue weighted by molar-refractivity contribution is 5.95. The third-order valence-corrected chi connectivity index (χ3v) is 3.78. The first-order valence-electron chi connectivity index (χ1n) is 7.24. The Labute approximate surface area is 137 Å². The number of para-hydroxylation sites is 1. The van der Waals surface area contributed by atoms with Gasteiger partial charge in [0.2, 0.25) is 5.76 Å². The van der Waals surface area contributed by atoms with E-state index in [1.165, 1.54) is 0 Å². The Morgan fingerprint density at radius 1 is 1.27 bits per heavy atom. The van der Waals surface area contributed by atoms with Crippen LogP contribution >= 0.6 is 12.4 Å². The van der Waals surface area contributed by atoms with Gasteiger partial charge in [0.15, 0.2) is 0 Å². The van der Waals surface area contributed by atoms with Gasteiger partial charge in [0.05, 0.1) is 0 Å². The highest BCUT2D eigenvalue weighted by Crippen LogP contribution is 2.26. The Balaban J connectivity index is 0.00000242. The molecule has 0 radical (unpaired) electrons. The van der Waals surface area contributed by atoms with Gasteiger partial charge < -0.3 is 14.1 Å². The van der Waals surface area contributed by atoms with Crippen molar-refractivity contribution in [2.75, 3.05) is 20.6 Å². The summed E-state index contributed by atoms with van der Waals surface area (Å²) in [6, 6.07) is 7.63. The monoisotopic (exact) mass is 325 g/mol. The molecule has 2 atom stereocenters. The minimum absolute atomic E-state index is 0. The topological polar surface area (TPSA) is 42.7 Å². The number of hydrogen-bond acceptors (Lipinski definition) is 4. The average Bonchev–Trinajstić information content (AvgIpc) is 2.76. The first-order chi connectivity index (χ1) is 9.90. The second-order valence-electron chi connectivity index (χ2n) is 5.90. The van der Waals surface area contributed by atoms with E-state index in [0.717, 1.165) is 23.1 Å². The Kier molecular flexibility index (Phi) is 6.45. The Bertz CT molecular complexity index is 636. The standard InChI is InChI=1S/C17H23NO3.ClH/c1-11(10-18(4)5)13(3)20-17(19)16-12(2)14-8-6-7-9-15(14)21-16;/h6-9,11,13H,10H2,1-5H3;1H. The number of hydrogen-bond donors (Lipinski definition) is 0. The van der Waals surface area contributed by atoms with Gasteiger partial charge >= 0.3 is 5.97 Å². The summed E-state index contributed by atoms with van der Waals surface area (Å²) in [4.78, 5) is 14.4. The molecule has 2 rings (SSSR count). The lowest BCUT2D eigenvalue weighted by Crippen LogP contribution is -2.30. The maximum Gasteiger partial charge on any atom is 0.374 e. The van der Waals surface area contributed by atoms with Crippen molar-refractivity contribution in [1.82, 2.24) is 4.90 Å². The van der Waals surface area contributed by atoms with Crippen molar-refractivity contribution in [2.24, 2.45) is 5.92 Å². The molecule has 0 bridgehead atoms. The van der Waals surface area contributed by atoms with Crippen molar-refractivity contribution < 1.29 is 13.9 Å². The van der Waals surface area contributed by atoms with E-state index < -0.39 is 0 Å². The van der Waals surface area contributed by atoms with Crippen LogP contribution in [-0.2, 0) is 4.74 Å². The van der Waals surface area contributed by atoms with Crippen LogP contribution in [-0.4, -0.2) is 37.6 Å². The van der Waals surface area contributed by atoms with Gasteiger partial charge in [-0.15, -0.1) is 12.4 Å². The fourth-order valence-electron chi connectivity index (χ4n) is 2.43. The SMILES string of the molecule is Cc1c(C(=O)OC(C)C(C)CN(C)C)oc2ccccc12.Cl. The van der Waals surface area contributed by atoms with E-state index in [1.54, 1.807) is 0 Å². The number of aryl methyl sites for hydroxylation is 1. The van der Waals surface area contributed by atoms with E-state index in [2.05, 4.69) is 11.8 Å². The predicted octanol–water partition coefficient (Wildman–Crippen LogP) is 3.91.